The minimum Gasteiger partial charge on any atom is -0.198 e. The van der Waals surface area contributed by atoms with E-state index in [-0.39, 0.29) is 5.92 Å². The highest BCUT2D eigenvalue weighted by Gasteiger charge is 2.05. The van der Waals surface area contributed by atoms with E-state index in [2.05, 4.69) is 16.3 Å². The lowest BCUT2D eigenvalue weighted by atomic mass is 9.98. The average Bonchev–Trinajstić information content (AvgIpc) is 2.10. The van der Waals surface area contributed by atoms with Gasteiger partial charge in [0, 0.05) is 0 Å². The molecule has 0 aliphatic heterocycles. The van der Waals surface area contributed by atoms with Gasteiger partial charge in [0.2, 0.25) is 0 Å². The molecule has 0 heterocycles. The van der Waals surface area contributed by atoms with Crippen molar-refractivity contribution >= 4 is 15.4 Å². The van der Waals surface area contributed by atoms with Gasteiger partial charge >= 0.3 is 0 Å². The maximum atomic E-state index is 8.79. The van der Waals surface area contributed by atoms with E-state index < -0.39 is 0 Å². The first kappa shape index (κ1) is 9.02. The van der Waals surface area contributed by atoms with Crippen molar-refractivity contribution in [2.75, 3.05) is 0 Å². The lowest BCUT2D eigenvalue weighted by Gasteiger charge is -2.05. The molecule has 3 radical (unpaired) electrons. The predicted molar refractivity (Wildman–Crippen MR) is 50.5 cm³/mol. The molecule has 0 aliphatic carbocycles. The maximum absolute atomic E-state index is 8.79. The Hall–Kier alpha value is -1.07. The zero-order valence-corrected chi connectivity index (χ0v) is 8.04. The fourth-order valence-corrected chi connectivity index (χ4v) is 1.28. The Morgan fingerprint density at radius 2 is 2.00 bits per heavy atom. The van der Waals surface area contributed by atoms with Gasteiger partial charge in [0.25, 0.3) is 0 Å². The largest absolute Gasteiger partial charge is 0.198 e. The van der Waals surface area contributed by atoms with Crippen LogP contribution < -0.4 is 5.19 Å². The van der Waals surface area contributed by atoms with E-state index in [4.69, 9.17) is 5.26 Å². The Morgan fingerprint density at radius 3 is 2.42 bits per heavy atom. The van der Waals surface area contributed by atoms with Gasteiger partial charge in [-0.15, -0.1) is 0 Å². The third-order valence-electron chi connectivity index (χ3n) is 1.88. The summed E-state index contributed by atoms with van der Waals surface area (Å²) in [6.45, 7) is 2.02. The Labute approximate surface area is 76.5 Å². The molecule has 0 saturated heterocycles. The van der Waals surface area contributed by atoms with Crippen molar-refractivity contribution in [2.45, 2.75) is 19.3 Å². The Morgan fingerprint density at radius 1 is 1.42 bits per heavy atom. The van der Waals surface area contributed by atoms with Gasteiger partial charge in [0.1, 0.15) is 0 Å². The van der Waals surface area contributed by atoms with Gasteiger partial charge in [0.05, 0.1) is 22.2 Å². The molecule has 1 aromatic rings. The highest BCUT2D eigenvalue weighted by Crippen LogP contribution is 2.16. The first-order valence-corrected chi connectivity index (χ1v) is 4.49. The van der Waals surface area contributed by atoms with Crippen molar-refractivity contribution in [2.24, 2.45) is 0 Å². The summed E-state index contributed by atoms with van der Waals surface area (Å²) in [5, 5.41) is 9.83. The summed E-state index contributed by atoms with van der Waals surface area (Å²) in [5.74, 6) is 0.0391. The second kappa shape index (κ2) is 4.08. The molecule has 0 bridgehead atoms. The summed E-state index contributed by atoms with van der Waals surface area (Å²) in [7, 11) is 3.40. The van der Waals surface area contributed by atoms with Crippen molar-refractivity contribution in [3.05, 3.63) is 29.8 Å². The molecule has 1 atom stereocenters. The Kier molecular flexibility index (Phi) is 3.07. The van der Waals surface area contributed by atoms with Crippen molar-refractivity contribution < 1.29 is 0 Å². The van der Waals surface area contributed by atoms with Crippen LogP contribution in [0.4, 0.5) is 0 Å². The van der Waals surface area contributed by atoms with Gasteiger partial charge < -0.3 is 0 Å². The zero-order valence-electron chi connectivity index (χ0n) is 7.04. The SMILES string of the molecule is CCC(C#N)c1ccc([Si])cc1. The summed E-state index contributed by atoms with van der Waals surface area (Å²) in [6, 6.07) is 10.2. The minimum atomic E-state index is 0.0391. The first-order valence-electron chi connectivity index (χ1n) is 3.99. The molecule has 0 saturated carbocycles. The van der Waals surface area contributed by atoms with Gasteiger partial charge in [-0.25, -0.2) is 0 Å². The zero-order chi connectivity index (χ0) is 8.97. The first-order chi connectivity index (χ1) is 5.77. The van der Waals surface area contributed by atoms with Crippen LogP contribution in [0.15, 0.2) is 24.3 Å². The molecule has 0 aliphatic rings. The van der Waals surface area contributed by atoms with Crippen LogP contribution in [0.1, 0.15) is 24.8 Å². The van der Waals surface area contributed by atoms with Gasteiger partial charge in [0.15, 0.2) is 0 Å². The summed E-state index contributed by atoms with van der Waals surface area (Å²) in [5.41, 5.74) is 1.10. The van der Waals surface area contributed by atoms with Crippen LogP contribution in [-0.4, -0.2) is 10.2 Å². The van der Waals surface area contributed by atoms with Crippen molar-refractivity contribution in [3.8, 4) is 6.07 Å². The molecule has 0 spiro atoms. The van der Waals surface area contributed by atoms with Crippen LogP contribution in [0, 0.1) is 11.3 Å². The summed E-state index contributed by atoms with van der Waals surface area (Å²) >= 11 is 0. The lowest BCUT2D eigenvalue weighted by Crippen LogP contribution is -2.02. The van der Waals surface area contributed by atoms with Gasteiger partial charge in [-0.1, -0.05) is 36.4 Å². The number of nitriles is 1. The van der Waals surface area contributed by atoms with E-state index in [9.17, 15) is 0 Å². The van der Waals surface area contributed by atoms with Crippen molar-refractivity contribution in [1.82, 2.24) is 0 Å². The van der Waals surface area contributed by atoms with Crippen LogP contribution in [0.2, 0.25) is 0 Å². The van der Waals surface area contributed by atoms with E-state index in [0.29, 0.717) is 0 Å². The molecule has 0 fully saturated rings. The number of rotatable bonds is 2. The van der Waals surface area contributed by atoms with Crippen LogP contribution in [0.25, 0.3) is 0 Å². The van der Waals surface area contributed by atoms with Gasteiger partial charge in [-0.2, -0.15) is 5.26 Å². The summed E-state index contributed by atoms with van der Waals surface area (Å²) < 4.78 is 0. The molecule has 12 heavy (non-hydrogen) atoms. The van der Waals surface area contributed by atoms with E-state index in [1.807, 2.05) is 31.2 Å². The average molecular weight is 172 g/mol. The number of hydrogen-bond acceptors (Lipinski definition) is 1. The predicted octanol–water partition coefficient (Wildman–Crippen LogP) is 1.50. The van der Waals surface area contributed by atoms with E-state index in [1.54, 1.807) is 0 Å². The molecule has 0 aromatic heterocycles. The van der Waals surface area contributed by atoms with E-state index in [1.165, 1.54) is 0 Å². The van der Waals surface area contributed by atoms with Crippen LogP contribution >= 0.6 is 0 Å². The molecule has 0 amide bonds. The normalized spacial score (nSPS) is 12.1. The molecule has 1 nitrogen and oxygen atoms in total. The standard InChI is InChI=1S/C10H10NSi/c1-2-8(7-11)9-3-5-10(12)6-4-9/h3-6,8H,2H2,1H3. The molecular formula is C10H10NSi. The minimum absolute atomic E-state index is 0.0391. The molecule has 59 valence electrons. The maximum Gasteiger partial charge on any atom is 0.0711 e. The highest BCUT2D eigenvalue weighted by molar-refractivity contribution is 6.32. The van der Waals surface area contributed by atoms with Crippen molar-refractivity contribution in [1.29, 1.82) is 5.26 Å². The van der Waals surface area contributed by atoms with Crippen LogP contribution in [0.3, 0.4) is 0 Å². The molecule has 1 rings (SSSR count). The molecule has 0 N–H and O–H groups in total. The molecule has 2 heteroatoms. The van der Waals surface area contributed by atoms with Gasteiger partial charge in [-0.05, 0) is 12.0 Å². The van der Waals surface area contributed by atoms with Crippen LogP contribution in [-0.2, 0) is 0 Å². The van der Waals surface area contributed by atoms with Crippen LogP contribution in [0.5, 0.6) is 0 Å². The molecule has 1 aromatic carbocycles. The molecular weight excluding hydrogens is 162 g/mol. The number of benzene rings is 1. The second-order valence-corrected chi connectivity index (χ2v) is 3.29. The number of hydrogen-bond donors (Lipinski definition) is 0. The second-order valence-electron chi connectivity index (χ2n) is 2.71. The Balaban J connectivity index is 2.89. The van der Waals surface area contributed by atoms with Crippen molar-refractivity contribution in [3.63, 3.8) is 0 Å². The smallest absolute Gasteiger partial charge is 0.0711 e. The summed E-state index contributed by atoms with van der Waals surface area (Å²) in [4.78, 5) is 0. The fraction of sp³-hybridized carbons (Fsp3) is 0.300. The quantitative estimate of drug-likeness (QED) is 0.620. The Bertz CT molecular complexity index is 284. The third kappa shape index (κ3) is 1.96. The molecule has 1 unspecified atom stereocenters. The fourth-order valence-electron chi connectivity index (χ4n) is 1.12. The lowest BCUT2D eigenvalue weighted by molar-refractivity contribution is 0.819. The summed E-state index contributed by atoms with van der Waals surface area (Å²) in [6.07, 6.45) is 0.873. The van der Waals surface area contributed by atoms with Gasteiger partial charge in [-0.3, -0.25) is 0 Å². The monoisotopic (exact) mass is 172 g/mol. The third-order valence-corrected chi connectivity index (χ3v) is 2.21. The van der Waals surface area contributed by atoms with E-state index >= 15 is 0 Å². The van der Waals surface area contributed by atoms with E-state index in [0.717, 1.165) is 17.2 Å². The topological polar surface area (TPSA) is 23.8 Å². The highest BCUT2D eigenvalue weighted by atomic mass is 28.1. The number of nitrogens with zero attached hydrogens (tertiary/aromatic N) is 1.